The average molecular weight is 294 g/mol. The highest BCUT2D eigenvalue weighted by Gasteiger charge is 2.18. The second-order valence-electron chi connectivity index (χ2n) is 6.09. The van der Waals surface area contributed by atoms with Gasteiger partial charge in [-0.05, 0) is 38.8 Å². The van der Waals surface area contributed by atoms with Crippen LogP contribution >= 0.6 is 0 Å². The fraction of sp³-hybridized carbons (Fsp3) is 0.875. The summed E-state index contributed by atoms with van der Waals surface area (Å²) in [6.07, 6.45) is 8.32. The van der Waals surface area contributed by atoms with Crippen LogP contribution in [-0.4, -0.2) is 40.7 Å². The van der Waals surface area contributed by atoms with Gasteiger partial charge in [-0.1, -0.05) is 31.8 Å². The normalized spacial score (nSPS) is 19.3. The Kier molecular flexibility index (Phi) is 7.16. The van der Waals surface area contributed by atoms with Gasteiger partial charge < -0.3 is 9.84 Å². The first-order valence-electron chi connectivity index (χ1n) is 8.59. The van der Waals surface area contributed by atoms with Crippen LogP contribution in [0.15, 0.2) is 4.52 Å². The number of piperidine rings is 1. The molecule has 1 aliphatic rings. The number of nitrogens with zero attached hydrogens (tertiary/aromatic N) is 3. The topological polar surface area (TPSA) is 54.2 Å². The van der Waals surface area contributed by atoms with Crippen molar-refractivity contribution in [1.29, 1.82) is 0 Å². The van der Waals surface area contributed by atoms with Crippen LogP contribution in [0, 0.1) is 0 Å². The summed E-state index contributed by atoms with van der Waals surface area (Å²) >= 11 is 0. The molecular weight excluding hydrogens is 264 g/mol. The highest BCUT2D eigenvalue weighted by atomic mass is 16.5. The van der Waals surface area contributed by atoms with Crippen molar-refractivity contribution >= 4 is 0 Å². The monoisotopic (exact) mass is 294 g/mol. The van der Waals surface area contributed by atoms with Crippen molar-refractivity contribution in [3.8, 4) is 0 Å². The van der Waals surface area contributed by atoms with Crippen molar-refractivity contribution < 1.29 is 4.52 Å². The molecule has 1 aromatic heterocycles. The first-order chi connectivity index (χ1) is 10.3. The summed E-state index contributed by atoms with van der Waals surface area (Å²) in [5.41, 5.74) is 0. The zero-order valence-corrected chi connectivity index (χ0v) is 13.6. The van der Waals surface area contributed by atoms with Crippen LogP contribution in [-0.2, 0) is 13.0 Å². The quantitative estimate of drug-likeness (QED) is 0.759. The first-order valence-corrected chi connectivity index (χ1v) is 8.59. The Bertz CT molecular complexity index is 387. The Balaban J connectivity index is 1.84. The van der Waals surface area contributed by atoms with Gasteiger partial charge in [0.1, 0.15) is 0 Å². The molecule has 5 heteroatoms. The van der Waals surface area contributed by atoms with E-state index in [4.69, 9.17) is 4.52 Å². The van der Waals surface area contributed by atoms with Crippen molar-refractivity contribution in [2.24, 2.45) is 0 Å². The largest absolute Gasteiger partial charge is 0.338 e. The Hall–Kier alpha value is -0.940. The van der Waals surface area contributed by atoms with Crippen molar-refractivity contribution in [2.45, 2.75) is 71.4 Å². The molecule has 0 amide bonds. The first kappa shape index (κ1) is 16.4. The molecule has 1 saturated heterocycles. The van der Waals surface area contributed by atoms with Crippen LogP contribution in [0.5, 0.6) is 0 Å². The number of aromatic nitrogens is 2. The summed E-state index contributed by atoms with van der Waals surface area (Å²) in [6.45, 7) is 8.52. The molecule has 1 N–H and O–H groups in total. The van der Waals surface area contributed by atoms with Gasteiger partial charge in [0.2, 0.25) is 5.89 Å². The van der Waals surface area contributed by atoms with Gasteiger partial charge in [0.05, 0.1) is 6.54 Å². The third-order valence-electron chi connectivity index (χ3n) is 4.05. The fourth-order valence-electron chi connectivity index (χ4n) is 2.92. The molecule has 0 aliphatic carbocycles. The summed E-state index contributed by atoms with van der Waals surface area (Å²) in [5.74, 6) is 1.63. The Morgan fingerprint density at radius 1 is 1.29 bits per heavy atom. The molecule has 2 rings (SSSR count). The second-order valence-corrected chi connectivity index (χ2v) is 6.09. The van der Waals surface area contributed by atoms with Crippen LogP contribution < -0.4 is 5.32 Å². The number of hydrogen-bond acceptors (Lipinski definition) is 5. The lowest BCUT2D eigenvalue weighted by Gasteiger charge is -2.29. The average Bonchev–Trinajstić information content (AvgIpc) is 2.94. The molecule has 1 atom stereocenters. The van der Waals surface area contributed by atoms with Gasteiger partial charge in [-0.25, -0.2) is 0 Å². The summed E-state index contributed by atoms with van der Waals surface area (Å²) in [4.78, 5) is 6.97. The third-order valence-corrected chi connectivity index (χ3v) is 4.05. The maximum atomic E-state index is 5.40. The van der Waals surface area contributed by atoms with Crippen molar-refractivity contribution in [3.63, 3.8) is 0 Å². The van der Waals surface area contributed by atoms with Crippen molar-refractivity contribution in [2.75, 3.05) is 19.6 Å². The van der Waals surface area contributed by atoms with E-state index < -0.39 is 0 Å². The predicted octanol–water partition coefficient (Wildman–Crippen LogP) is 2.77. The van der Waals surface area contributed by atoms with E-state index in [-0.39, 0.29) is 0 Å². The molecule has 1 aromatic rings. The van der Waals surface area contributed by atoms with Gasteiger partial charge in [0.15, 0.2) is 5.82 Å². The van der Waals surface area contributed by atoms with Crippen molar-refractivity contribution in [1.82, 2.24) is 20.4 Å². The summed E-state index contributed by atoms with van der Waals surface area (Å²) < 4.78 is 5.40. The maximum Gasteiger partial charge on any atom is 0.240 e. The molecule has 0 radical (unpaired) electrons. The minimum absolute atomic E-state index is 0.618. The van der Waals surface area contributed by atoms with Gasteiger partial charge in [0.25, 0.3) is 0 Å². The molecule has 21 heavy (non-hydrogen) atoms. The molecule has 0 bridgehead atoms. The SMILES string of the molecule is CCCCc1noc(CN(CCC)CC2CCCCN2)n1. The molecule has 0 saturated carbocycles. The van der Waals surface area contributed by atoms with E-state index in [1.54, 1.807) is 0 Å². The molecule has 1 aliphatic heterocycles. The Morgan fingerprint density at radius 2 is 2.19 bits per heavy atom. The number of unbranched alkanes of at least 4 members (excludes halogenated alkanes) is 1. The van der Waals surface area contributed by atoms with Crippen LogP contribution in [0.25, 0.3) is 0 Å². The van der Waals surface area contributed by atoms with Crippen LogP contribution in [0.3, 0.4) is 0 Å². The van der Waals surface area contributed by atoms with E-state index in [1.165, 1.54) is 25.7 Å². The van der Waals surface area contributed by atoms with Crippen molar-refractivity contribution in [3.05, 3.63) is 11.7 Å². The van der Waals surface area contributed by atoms with E-state index in [0.29, 0.717) is 6.04 Å². The lowest BCUT2D eigenvalue weighted by atomic mass is 10.0. The number of rotatable bonds is 9. The maximum absolute atomic E-state index is 5.40. The van der Waals surface area contributed by atoms with Crippen LogP contribution in [0.4, 0.5) is 0 Å². The smallest absolute Gasteiger partial charge is 0.240 e. The van der Waals surface area contributed by atoms with Crippen LogP contribution in [0.2, 0.25) is 0 Å². The summed E-state index contributed by atoms with van der Waals surface area (Å²) in [6, 6.07) is 0.618. The van der Waals surface area contributed by atoms with E-state index in [9.17, 15) is 0 Å². The van der Waals surface area contributed by atoms with Gasteiger partial charge in [-0.15, -0.1) is 0 Å². The standard InChI is InChI=1S/C16H30N4O/c1-3-5-9-15-18-16(21-19-15)13-20(11-4-2)12-14-8-6-7-10-17-14/h14,17H,3-13H2,1-2H3. The zero-order chi connectivity index (χ0) is 14.9. The lowest BCUT2D eigenvalue weighted by molar-refractivity contribution is 0.193. The number of nitrogens with one attached hydrogen (secondary N) is 1. The van der Waals surface area contributed by atoms with Gasteiger partial charge in [-0.2, -0.15) is 4.98 Å². The third kappa shape index (κ3) is 5.75. The highest BCUT2D eigenvalue weighted by molar-refractivity contribution is 4.87. The molecule has 0 aromatic carbocycles. The predicted molar refractivity (Wildman–Crippen MR) is 84.1 cm³/mol. The van der Waals surface area contributed by atoms with Gasteiger partial charge >= 0.3 is 0 Å². The van der Waals surface area contributed by atoms with E-state index in [1.807, 2.05) is 0 Å². The van der Waals surface area contributed by atoms with Crippen LogP contribution in [0.1, 0.15) is 64.1 Å². The minimum Gasteiger partial charge on any atom is -0.338 e. The highest BCUT2D eigenvalue weighted by Crippen LogP contribution is 2.11. The van der Waals surface area contributed by atoms with E-state index in [0.717, 1.165) is 57.2 Å². The van der Waals surface area contributed by atoms with Gasteiger partial charge in [-0.3, -0.25) is 4.90 Å². The molecule has 1 fully saturated rings. The summed E-state index contributed by atoms with van der Waals surface area (Å²) in [7, 11) is 0. The van der Waals surface area contributed by atoms with Gasteiger partial charge in [0, 0.05) is 19.0 Å². The zero-order valence-electron chi connectivity index (χ0n) is 13.6. The number of aryl methyl sites for hydroxylation is 1. The summed E-state index contributed by atoms with van der Waals surface area (Å²) in [5, 5.41) is 7.70. The molecule has 2 heterocycles. The van der Waals surface area contributed by atoms with E-state index in [2.05, 4.69) is 34.2 Å². The molecule has 0 spiro atoms. The fourth-order valence-corrected chi connectivity index (χ4v) is 2.92. The number of hydrogen-bond donors (Lipinski definition) is 1. The molecule has 5 nitrogen and oxygen atoms in total. The van der Waals surface area contributed by atoms with E-state index >= 15 is 0 Å². The lowest BCUT2D eigenvalue weighted by Crippen LogP contribution is -2.43. The minimum atomic E-state index is 0.618. The molecule has 1 unspecified atom stereocenters. The Morgan fingerprint density at radius 3 is 2.90 bits per heavy atom. The molecular formula is C16H30N4O. The second kappa shape index (κ2) is 9.15. The Labute approximate surface area is 128 Å². The molecule has 120 valence electrons.